The van der Waals surface area contributed by atoms with Crippen molar-refractivity contribution in [3.63, 3.8) is 0 Å². The Morgan fingerprint density at radius 2 is 2.27 bits per heavy atom. The summed E-state index contributed by atoms with van der Waals surface area (Å²) in [5, 5.41) is 3.55. The van der Waals surface area contributed by atoms with E-state index in [0.717, 1.165) is 38.4 Å². The van der Waals surface area contributed by atoms with Crippen LogP contribution in [0.3, 0.4) is 0 Å². The number of nitrogens with one attached hydrogen (secondary N) is 1. The van der Waals surface area contributed by atoms with Crippen LogP contribution in [0, 0.1) is 18.3 Å². The molecular formula is C13H24N2. The maximum Gasteiger partial charge on any atom is 0.0244 e. The summed E-state index contributed by atoms with van der Waals surface area (Å²) in [6.07, 6.45) is 7.32. The average molecular weight is 208 g/mol. The molecule has 1 aliphatic heterocycles. The van der Waals surface area contributed by atoms with E-state index in [2.05, 4.69) is 36.9 Å². The van der Waals surface area contributed by atoms with E-state index in [9.17, 15) is 0 Å². The van der Waals surface area contributed by atoms with Crippen LogP contribution in [0.1, 0.15) is 33.6 Å². The summed E-state index contributed by atoms with van der Waals surface area (Å²) in [6.45, 7) is 10.3. The Bertz CT molecular complexity index is 217. The van der Waals surface area contributed by atoms with Gasteiger partial charge in [0.1, 0.15) is 0 Å². The summed E-state index contributed by atoms with van der Waals surface area (Å²) < 4.78 is 0. The van der Waals surface area contributed by atoms with Crippen molar-refractivity contribution in [1.82, 2.24) is 10.2 Å². The van der Waals surface area contributed by atoms with Crippen molar-refractivity contribution in [3.05, 3.63) is 0 Å². The molecule has 1 fully saturated rings. The fourth-order valence-electron chi connectivity index (χ4n) is 2.30. The highest BCUT2D eigenvalue weighted by atomic mass is 15.2. The summed E-state index contributed by atoms with van der Waals surface area (Å²) in [6, 6.07) is 1.30. The minimum atomic E-state index is 0.617. The van der Waals surface area contributed by atoms with Crippen molar-refractivity contribution in [2.45, 2.75) is 45.7 Å². The fourth-order valence-corrected chi connectivity index (χ4v) is 2.30. The van der Waals surface area contributed by atoms with Crippen LogP contribution >= 0.6 is 0 Å². The molecule has 2 heteroatoms. The molecule has 1 heterocycles. The lowest BCUT2D eigenvalue weighted by Gasteiger charge is -2.41. The molecule has 2 nitrogen and oxygen atoms in total. The smallest absolute Gasteiger partial charge is 0.0244 e. The van der Waals surface area contributed by atoms with Crippen LogP contribution in [0.5, 0.6) is 0 Å². The third-order valence-corrected chi connectivity index (χ3v) is 3.19. The summed E-state index contributed by atoms with van der Waals surface area (Å²) in [4.78, 5) is 2.60. The zero-order valence-corrected chi connectivity index (χ0v) is 10.3. The number of hydrogen-bond acceptors (Lipinski definition) is 2. The Kier molecular flexibility index (Phi) is 5.14. The molecular weight excluding hydrogens is 184 g/mol. The number of nitrogens with zero attached hydrogens (tertiary/aromatic N) is 1. The van der Waals surface area contributed by atoms with E-state index in [0.29, 0.717) is 12.1 Å². The zero-order valence-electron chi connectivity index (χ0n) is 10.3. The third-order valence-electron chi connectivity index (χ3n) is 3.19. The molecule has 0 aromatic carbocycles. The first-order valence-electron chi connectivity index (χ1n) is 6.06. The second kappa shape index (κ2) is 6.15. The van der Waals surface area contributed by atoms with Gasteiger partial charge < -0.3 is 5.32 Å². The van der Waals surface area contributed by atoms with Gasteiger partial charge in [0.2, 0.25) is 0 Å². The van der Waals surface area contributed by atoms with Crippen LogP contribution in [-0.2, 0) is 0 Å². The lowest BCUT2D eigenvalue weighted by atomic mass is 9.98. The maximum atomic E-state index is 5.29. The molecule has 1 N–H and O–H groups in total. The maximum absolute atomic E-state index is 5.29. The Morgan fingerprint density at radius 1 is 1.53 bits per heavy atom. The lowest BCUT2D eigenvalue weighted by molar-refractivity contribution is 0.102. The van der Waals surface area contributed by atoms with Gasteiger partial charge in [-0.2, -0.15) is 0 Å². The average Bonchev–Trinajstić information content (AvgIpc) is 2.18. The quantitative estimate of drug-likeness (QED) is 0.559. The van der Waals surface area contributed by atoms with Crippen LogP contribution in [0.4, 0.5) is 0 Å². The van der Waals surface area contributed by atoms with E-state index in [4.69, 9.17) is 6.42 Å². The molecule has 1 rings (SSSR count). The predicted octanol–water partition coefficient (Wildman–Crippen LogP) is 1.72. The van der Waals surface area contributed by atoms with E-state index in [1.54, 1.807) is 0 Å². The molecule has 0 bridgehead atoms. The van der Waals surface area contributed by atoms with E-state index < -0.39 is 0 Å². The second-order valence-electron chi connectivity index (χ2n) is 4.92. The Morgan fingerprint density at radius 3 is 2.87 bits per heavy atom. The summed E-state index contributed by atoms with van der Waals surface area (Å²) >= 11 is 0. The zero-order chi connectivity index (χ0) is 11.3. The highest BCUT2D eigenvalue weighted by Gasteiger charge is 2.27. The number of terminal acetylenes is 1. The van der Waals surface area contributed by atoms with Crippen molar-refractivity contribution in [1.29, 1.82) is 0 Å². The molecule has 15 heavy (non-hydrogen) atoms. The number of unbranched alkanes of at least 4 members (excludes halogenated alkanes) is 1. The van der Waals surface area contributed by atoms with Crippen molar-refractivity contribution >= 4 is 0 Å². The predicted molar refractivity (Wildman–Crippen MR) is 65.7 cm³/mol. The van der Waals surface area contributed by atoms with Gasteiger partial charge in [-0.05, 0) is 25.8 Å². The highest BCUT2D eigenvalue weighted by molar-refractivity contribution is 4.88. The van der Waals surface area contributed by atoms with E-state index in [1.807, 2.05) is 0 Å². The Labute approximate surface area is 94.4 Å². The van der Waals surface area contributed by atoms with Gasteiger partial charge in [0, 0.05) is 31.6 Å². The van der Waals surface area contributed by atoms with E-state index in [1.165, 1.54) is 0 Å². The summed E-state index contributed by atoms with van der Waals surface area (Å²) in [5.74, 6) is 3.44. The molecule has 2 atom stereocenters. The van der Waals surface area contributed by atoms with Gasteiger partial charge in [0.15, 0.2) is 0 Å². The van der Waals surface area contributed by atoms with Gasteiger partial charge in [-0.25, -0.2) is 0 Å². The molecule has 0 amide bonds. The molecule has 0 spiro atoms. The SMILES string of the molecule is C#CCCCN1CC(C)NCC1C(C)C. The number of piperazine rings is 1. The molecule has 0 aromatic rings. The minimum absolute atomic E-state index is 0.617. The number of rotatable bonds is 4. The van der Waals surface area contributed by atoms with Crippen LogP contribution in [0.2, 0.25) is 0 Å². The van der Waals surface area contributed by atoms with Gasteiger partial charge in [-0.1, -0.05) is 13.8 Å². The van der Waals surface area contributed by atoms with Crippen LogP contribution < -0.4 is 5.32 Å². The largest absolute Gasteiger partial charge is 0.311 e. The van der Waals surface area contributed by atoms with Crippen molar-refractivity contribution in [2.24, 2.45) is 5.92 Å². The molecule has 0 radical (unpaired) electrons. The standard InChI is InChI=1S/C13H24N2/c1-5-6-7-8-15-10-12(4)14-9-13(15)11(2)3/h1,11-14H,6-10H2,2-4H3. The Balaban J connectivity index is 2.43. The van der Waals surface area contributed by atoms with E-state index >= 15 is 0 Å². The highest BCUT2D eigenvalue weighted by Crippen LogP contribution is 2.15. The number of hydrogen-bond donors (Lipinski definition) is 1. The van der Waals surface area contributed by atoms with Crippen molar-refractivity contribution in [3.8, 4) is 12.3 Å². The summed E-state index contributed by atoms with van der Waals surface area (Å²) in [5.41, 5.74) is 0. The first kappa shape index (κ1) is 12.5. The molecule has 0 aromatic heterocycles. The van der Waals surface area contributed by atoms with Gasteiger partial charge in [-0.15, -0.1) is 12.3 Å². The monoisotopic (exact) mass is 208 g/mol. The molecule has 86 valence electrons. The first-order chi connectivity index (χ1) is 7.15. The van der Waals surface area contributed by atoms with Crippen molar-refractivity contribution < 1.29 is 0 Å². The Hall–Kier alpha value is -0.520. The van der Waals surface area contributed by atoms with Gasteiger partial charge in [-0.3, -0.25) is 4.90 Å². The van der Waals surface area contributed by atoms with Gasteiger partial charge >= 0.3 is 0 Å². The topological polar surface area (TPSA) is 15.3 Å². The molecule has 1 aliphatic rings. The lowest BCUT2D eigenvalue weighted by Crippen LogP contribution is -2.57. The van der Waals surface area contributed by atoms with Crippen molar-refractivity contribution in [2.75, 3.05) is 19.6 Å². The second-order valence-corrected chi connectivity index (χ2v) is 4.92. The van der Waals surface area contributed by atoms with Gasteiger partial charge in [0.05, 0.1) is 0 Å². The van der Waals surface area contributed by atoms with Crippen LogP contribution in [-0.4, -0.2) is 36.6 Å². The molecule has 1 saturated heterocycles. The normalized spacial score (nSPS) is 27.9. The fraction of sp³-hybridized carbons (Fsp3) is 0.846. The summed E-state index contributed by atoms with van der Waals surface area (Å²) in [7, 11) is 0. The molecule has 0 saturated carbocycles. The van der Waals surface area contributed by atoms with E-state index in [-0.39, 0.29) is 0 Å². The third kappa shape index (κ3) is 3.85. The van der Waals surface area contributed by atoms with Crippen LogP contribution in [0.25, 0.3) is 0 Å². The first-order valence-corrected chi connectivity index (χ1v) is 6.06. The molecule has 0 aliphatic carbocycles. The van der Waals surface area contributed by atoms with Gasteiger partial charge in [0.25, 0.3) is 0 Å². The molecule has 2 unspecified atom stereocenters. The minimum Gasteiger partial charge on any atom is -0.311 e. The van der Waals surface area contributed by atoms with Crippen LogP contribution in [0.15, 0.2) is 0 Å².